The molecule has 10 heteroatoms. The van der Waals surface area contributed by atoms with Crippen molar-refractivity contribution in [1.82, 2.24) is 35.4 Å². The highest BCUT2D eigenvalue weighted by Gasteiger charge is 2.20. The van der Waals surface area contributed by atoms with Gasteiger partial charge in [0, 0.05) is 0 Å². The summed E-state index contributed by atoms with van der Waals surface area (Å²) in [5.41, 5.74) is 0.981. The molecule has 0 radical (unpaired) electrons. The van der Waals surface area contributed by atoms with E-state index in [0.717, 1.165) is 5.56 Å². The van der Waals surface area contributed by atoms with Gasteiger partial charge >= 0.3 is 0 Å². The fraction of sp³-hybridized carbons (Fsp3) is 0.200. The van der Waals surface area contributed by atoms with Crippen LogP contribution in [0.5, 0.6) is 0 Å². The second kappa shape index (κ2) is 5.57. The highest BCUT2D eigenvalue weighted by atomic mass is 32.1. The zero-order valence-electron chi connectivity index (χ0n) is 10.2. The van der Waals surface area contributed by atoms with Crippen LogP contribution in [0.2, 0.25) is 0 Å². The molecule has 0 aliphatic heterocycles. The maximum atomic E-state index is 12.0. The maximum absolute atomic E-state index is 12.0. The average Bonchev–Trinajstić information content (AvgIpc) is 3.18. The average molecular weight is 290 g/mol. The van der Waals surface area contributed by atoms with E-state index in [9.17, 15) is 4.79 Å². The molecule has 0 unspecified atom stereocenters. The zero-order chi connectivity index (χ0) is 13.8. The molecule has 3 aromatic heterocycles. The van der Waals surface area contributed by atoms with Crippen molar-refractivity contribution >= 4 is 23.2 Å². The van der Waals surface area contributed by atoms with Gasteiger partial charge in [-0.2, -0.15) is 21.4 Å². The van der Waals surface area contributed by atoms with E-state index in [1.54, 1.807) is 16.0 Å². The topological polar surface area (TPSA) is 114 Å². The maximum Gasteiger partial charge on any atom is 0.229 e. The lowest BCUT2D eigenvalue weighted by molar-refractivity contribution is -0.116. The number of aromatic nitrogens is 7. The van der Waals surface area contributed by atoms with Gasteiger partial charge in [0.1, 0.15) is 12.7 Å². The van der Waals surface area contributed by atoms with Gasteiger partial charge in [0.15, 0.2) is 0 Å². The summed E-state index contributed by atoms with van der Waals surface area (Å²) in [6, 6.07) is 1.69. The second-order valence-corrected chi connectivity index (χ2v) is 4.73. The Hall–Kier alpha value is -2.62. The summed E-state index contributed by atoms with van der Waals surface area (Å²) >= 11 is 1.56. The van der Waals surface area contributed by atoms with Crippen molar-refractivity contribution in [2.24, 2.45) is 0 Å². The molecule has 9 nitrogen and oxygen atoms in total. The molecule has 3 heterocycles. The number of anilines is 1. The van der Waals surface area contributed by atoms with Gasteiger partial charge < -0.3 is 0 Å². The normalized spacial score (nSPS) is 12.2. The van der Waals surface area contributed by atoms with E-state index < -0.39 is 0 Å². The van der Waals surface area contributed by atoms with Crippen LogP contribution in [0.15, 0.2) is 29.5 Å². The van der Waals surface area contributed by atoms with Gasteiger partial charge in [-0.05, 0) is 32.8 Å². The van der Waals surface area contributed by atoms with Crippen LogP contribution in [0.4, 0.5) is 5.95 Å². The Morgan fingerprint density at radius 3 is 3.15 bits per heavy atom. The molecule has 102 valence electrons. The van der Waals surface area contributed by atoms with Gasteiger partial charge in [0.25, 0.3) is 0 Å². The van der Waals surface area contributed by atoms with E-state index in [2.05, 4.69) is 36.0 Å². The molecule has 3 aromatic rings. The molecule has 0 aliphatic rings. The molecular weight excluding hydrogens is 280 g/mol. The first-order valence-electron chi connectivity index (χ1n) is 5.72. The van der Waals surface area contributed by atoms with Gasteiger partial charge in [-0.15, -0.1) is 5.10 Å². The van der Waals surface area contributed by atoms with Crippen molar-refractivity contribution in [2.45, 2.75) is 12.5 Å². The second-order valence-electron chi connectivity index (χ2n) is 3.95. The summed E-state index contributed by atoms with van der Waals surface area (Å²) in [6.45, 7) is 0. The Morgan fingerprint density at radius 1 is 1.55 bits per heavy atom. The monoisotopic (exact) mass is 290 g/mol. The number of nitrogens with one attached hydrogen (secondary N) is 2. The Balaban J connectivity index is 1.75. The third kappa shape index (κ3) is 2.69. The SMILES string of the molecule is O=C(C[C@H](c1ccsc1)n1cnnn1)Nc1ncn[nH]1. The van der Waals surface area contributed by atoms with E-state index >= 15 is 0 Å². The van der Waals surface area contributed by atoms with Crippen LogP contribution in [-0.2, 0) is 4.79 Å². The van der Waals surface area contributed by atoms with Gasteiger partial charge in [0.2, 0.25) is 11.9 Å². The van der Waals surface area contributed by atoms with Crippen molar-refractivity contribution in [2.75, 3.05) is 5.32 Å². The Morgan fingerprint density at radius 2 is 2.50 bits per heavy atom. The first-order valence-corrected chi connectivity index (χ1v) is 6.67. The minimum absolute atomic E-state index is 0.197. The summed E-state index contributed by atoms with van der Waals surface area (Å²) in [6.07, 6.45) is 3.01. The van der Waals surface area contributed by atoms with E-state index in [0.29, 0.717) is 5.95 Å². The van der Waals surface area contributed by atoms with Crippen LogP contribution in [0.25, 0.3) is 0 Å². The third-order valence-electron chi connectivity index (χ3n) is 2.66. The molecule has 0 aliphatic carbocycles. The number of carbonyl (C=O) groups is 1. The first kappa shape index (κ1) is 12.4. The van der Waals surface area contributed by atoms with E-state index in [1.807, 2.05) is 16.8 Å². The standard InChI is InChI=1S/C10H10N8OS/c19-9(14-10-11-5-12-15-10)3-8(7-1-2-20-4-7)18-6-13-16-17-18/h1-2,4-6,8H,3H2,(H2,11,12,14,15,19)/t8-/m1/s1. The number of carbonyl (C=O) groups excluding carboxylic acids is 1. The van der Waals surface area contributed by atoms with Gasteiger partial charge in [-0.3, -0.25) is 10.1 Å². The number of tetrazole rings is 1. The lowest BCUT2D eigenvalue weighted by Gasteiger charge is -2.14. The van der Waals surface area contributed by atoms with Crippen molar-refractivity contribution in [3.05, 3.63) is 35.0 Å². The summed E-state index contributed by atoms with van der Waals surface area (Å²) < 4.78 is 1.56. The minimum atomic E-state index is -0.251. The van der Waals surface area contributed by atoms with Crippen LogP contribution < -0.4 is 5.32 Å². The van der Waals surface area contributed by atoms with Crippen molar-refractivity contribution < 1.29 is 4.79 Å². The number of rotatable bonds is 5. The summed E-state index contributed by atoms with van der Waals surface area (Å²) in [4.78, 5) is 15.9. The molecule has 3 rings (SSSR count). The van der Waals surface area contributed by atoms with E-state index in [-0.39, 0.29) is 18.4 Å². The van der Waals surface area contributed by atoms with Crippen LogP contribution in [0.3, 0.4) is 0 Å². The molecule has 0 saturated carbocycles. The van der Waals surface area contributed by atoms with E-state index in [1.165, 1.54) is 12.7 Å². The first-order chi connectivity index (χ1) is 9.83. The predicted octanol–water partition coefficient (Wildman–Crippen LogP) is 0.471. The number of amides is 1. The van der Waals surface area contributed by atoms with Crippen LogP contribution in [-0.4, -0.2) is 41.3 Å². The molecule has 20 heavy (non-hydrogen) atoms. The van der Waals surface area contributed by atoms with Crippen molar-refractivity contribution in [3.63, 3.8) is 0 Å². The van der Waals surface area contributed by atoms with Crippen molar-refractivity contribution in [1.29, 1.82) is 0 Å². The Kier molecular flexibility index (Phi) is 3.46. The van der Waals surface area contributed by atoms with Gasteiger partial charge in [-0.25, -0.2) is 9.78 Å². The number of aromatic amines is 1. The molecule has 1 amide bonds. The number of hydrogen-bond donors (Lipinski definition) is 2. The minimum Gasteiger partial charge on any atom is -0.295 e. The summed E-state index contributed by atoms with van der Waals surface area (Å²) in [5, 5.41) is 23.9. The highest BCUT2D eigenvalue weighted by Crippen LogP contribution is 2.23. The molecule has 1 atom stereocenters. The lowest BCUT2D eigenvalue weighted by atomic mass is 10.1. The van der Waals surface area contributed by atoms with E-state index in [4.69, 9.17) is 0 Å². The van der Waals surface area contributed by atoms with Crippen LogP contribution in [0.1, 0.15) is 18.0 Å². The molecule has 0 aromatic carbocycles. The highest BCUT2D eigenvalue weighted by molar-refractivity contribution is 7.07. The molecule has 2 N–H and O–H groups in total. The van der Waals surface area contributed by atoms with Gasteiger partial charge in [0.05, 0.1) is 12.5 Å². The quantitative estimate of drug-likeness (QED) is 0.706. The van der Waals surface area contributed by atoms with Crippen LogP contribution in [0, 0.1) is 0 Å². The smallest absolute Gasteiger partial charge is 0.229 e. The fourth-order valence-electron chi connectivity index (χ4n) is 1.76. The molecule has 0 saturated heterocycles. The van der Waals surface area contributed by atoms with Gasteiger partial charge in [-0.1, -0.05) is 0 Å². The number of nitrogens with zero attached hydrogens (tertiary/aromatic N) is 6. The largest absolute Gasteiger partial charge is 0.295 e. The number of thiophene rings is 1. The zero-order valence-corrected chi connectivity index (χ0v) is 11.0. The third-order valence-corrected chi connectivity index (χ3v) is 3.37. The summed E-state index contributed by atoms with van der Waals surface area (Å²) in [7, 11) is 0. The van der Waals surface area contributed by atoms with Crippen LogP contribution >= 0.6 is 11.3 Å². The molecular formula is C10H10N8OS. The fourth-order valence-corrected chi connectivity index (χ4v) is 2.47. The predicted molar refractivity (Wildman–Crippen MR) is 69.9 cm³/mol. The van der Waals surface area contributed by atoms with Crippen molar-refractivity contribution in [3.8, 4) is 0 Å². The number of H-pyrrole nitrogens is 1. The summed E-state index contributed by atoms with van der Waals surface area (Å²) in [5.74, 6) is 0.115. The lowest BCUT2D eigenvalue weighted by Crippen LogP contribution is -2.21. The Bertz CT molecular complexity index is 613. The Labute approximate surface area is 117 Å². The molecule has 0 spiro atoms. The molecule has 0 bridgehead atoms. The molecule has 0 fully saturated rings. The number of hydrogen-bond acceptors (Lipinski definition) is 7.